The molecule has 0 aliphatic heterocycles. The molecule has 0 N–H and O–H groups in total. The van der Waals surface area contributed by atoms with Crippen LogP contribution in [0.15, 0.2) is 60.7 Å². The van der Waals surface area contributed by atoms with Gasteiger partial charge in [0.2, 0.25) is 0 Å². The highest BCUT2D eigenvalue weighted by molar-refractivity contribution is 14.1. The molecule has 0 heterocycles. The summed E-state index contributed by atoms with van der Waals surface area (Å²) in [6.07, 6.45) is 0. The van der Waals surface area contributed by atoms with Crippen LogP contribution in [-0.2, 0) is 4.43 Å². The standard InChI is InChI=1S/C20H27IOSi/c1-16(2)19(21)22-23(20(3,4)5,17-12-8-6-9-13-17)18-14-10-7-11-15-18/h6-16,19H,1-5H3/t19-/m1/s1. The Morgan fingerprint density at radius 1 is 0.826 bits per heavy atom. The van der Waals surface area contributed by atoms with Gasteiger partial charge >= 0.3 is 0 Å². The Balaban J connectivity index is 2.69. The van der Waals surface area contributed by atoms with Gasteiger partial charge in [0.05, 0.1) is 0 Å². The summed E-state index contributed by atoms with van der Waals surface area (Å²) < 4.78 is 7.16. The van der Waals surface area contributed by atoms with Crippen LogP contribution >= 0.6 is 22.6 Å². The van der Waals surface area contributed by atoms with Crippen LogP contribution in [0.1, 0.15) is 34.6 Å². The molecule has 0 aliphatic rings. The zero-order chi connectivity index (χ0) is 17.1. The number of rotatable bonds is 5. The first-order chi connectivity index (χ1) is 10.8. The van der Waals surface area contributed by atoms with E-state index < -0.39 is 8.32 Å². The Morgan fingerprint density at radius 3 is 1.52 bits per heavy atom. The molecule has 0 saturated heterocycles. The lowest BCUT2D eigenvalue weighted by atomic mass is 10.2. The number of hydrogen-bond acceptors (Lipinski definition) is 1. The van der Waals surface area contributed by atoms with Gasteiger partial charge in [-0.15, -0.1) is 0 Å². The third kappa shape index (κ3) is 3.89. The third-order valence-corrected chi connectivity index (χ3v) is 11.4. The molecular weight excluding hydrogens is 411 g/mol. The van der Waals surface area contributed by atoms with E-state index in [-0.39, 0.29) is 9.15 Å². The van der Waals surface area contributed by atoms with Crippen LogP contribution in [0, 0.1) is 5.92 Å². The molecule has 0 aromatic heterocycles. The van der Waals surface area contributed by atoms with Gasteiger partial charge < -0.3 is 4.43 Å². The van der Waals surface area contributed by atoms with Crippen molar-refractivity contribution < 1.29 is 4.43 Å². The van der Waals surface area contributed by atoms with Gasteiger partial charge in [-0.05, 0) is 21.3 Å². The van der Waals surface area contributed by atoms with E-state index in [4.69, 9.17) is 4.43 Å². The van der Waals surface area contributed by atoms with Crippen molar-refractivity contribution in [3.63, 3.8) is 0 Å². The van der Waals surface area contributed by atoms with E-state index in [1.807, 2.05) is 0 Å². The molecule has 1 nitrogen and oxygen atoms in total. The second kappa shape index (κ2) is 7.49. The zero-order valence-electron chi connectivity index (χ0n) is 14.7. The van der Waals surface area contributed by atoms with Crippen molar-refractivity contribution in [1.82, 2.24) is 0 Å². The van der Waals surface area contributed by atoms with Crippen molar-refractivity contribution in [2.45, 2.75) is 43.8 Å². The number of alkyl halides is 1. The van der Waals surface area contributed by atoms with Crippen LogP contribution in [0.3, 0.4) is 0 Å². The maximum absolute atomic E-state index is 6.96. The number of hydrogen-bond donors (Lipinski definition) is 0. The Bertz CT molecular complexity index is 565. The summed E-state index contributed by atoms with van der Waals surface area (Å²) >= 11 is 2.46. The summed E-state index contributed by atoms with van der Waals surface area (Å²) in [5, 5.41) is 2.75. The van der Waals surface area contributed by atoms with Crippen molar-refractivity contribution >= 4 is 41.3 Å². The first kappa shape index (κ1) is 18.7. The topological polar surface area (TPSA) is 9.23 Å². The molecule has 0 saturated carbocycles. The molecular formula is C20H27IOSi. The van der Waals surface area contributed by atoms with E-state index in [0.717, 1.165) is 0 Å². The van der Waals surface area contributed by atoms with E-state index in [2.05, 4.69) is 118 Å². The Morgan fingerprint density at radius 2 is 1.22 bits per heavy atom. The van der Waals surface area contributed by atoms with Crippen LogP contribution in [-0.4, -0.2) is 12.4 Å². The molecule has 1 atom stereocenters. The Hall–Kier alpha value is -0.653. The molecule has 3 heteroatoms. The van der Waals surface area contributed by atoms with Crippen molar-refractivity contribution in [2.24, 2.45) is 5.92 Å². The summed E-state index contributed by atoms with van der Waals surface area (Å²) in [7, 11) is -2.38. The smallest absolute Gasteiger partial charge is 0.262 e. The van der Waals surface area contributed by atoms with Gasteiger partial charge in [-0.2, -0.15) is 0 Å². The van der Waals surface area contributed by atoms with Crippen LogP contribution in [0.25, 0.3) is 0 Å². The summed E-state index contributed by atoms with van der Waals surface area (Å²) in [6.45, 7) is 11.4. The lowest BCUT2D eigenvalue weighted by Gasteiger charge is -2.44. The molecule has 124 valence electrons. The van der Waals surface area contributed by atoms with Gasteiger partial charge in [-0.3, -0.25) is 0 Å². The quantitative estimate of drug-likeness (QED) is 0.364. The normalized spacial score (nSPS) is 14.0. The van der Waals surface area contributed by atoms with Crippen LogP contribution in [0.2, 0.25) is 5.04 Å². The molecule has 0 aliphatic carbocycles. The maximum atomic E-state index is 6.96. The third-order valence-electron chi connectivity index (χ3n) is 4.23. The molecule has 0 fully saturated rings. The highest BCUT2D eigenvalue weighted by Crippen LogP contribution is 2.39. The fraction of sp³-hybridized carbons (Fsp3) is 0.400. The predicted molar refractivity (Wildman–Crippen MR) is 111 cm³/mol. The molecule has 0 radical (unpaired) electrons. The average molecular weight is 438 g/mol. The largest absolute Gasteiger partial charge is 0.395 e. The van der Waals surface area contributed by atoms with Gasteiger partial charge in [-0.25, -0.2) is 0 Å². The van der Waals surface area contributed by atoms with E-state index in [1.165, 1.54) is 10.4 Å². The number of benzene rings is 2. The molecule has 2 rings (SSSR count). The fourth-order valence-electron chi connectivity index (χ4n) is 3.00. The SMILES string of the molecule is CC(C)[C@H](I)O[Si](c1ccccc1)(c1ccccc1)C(C)(C)C. The van der Waals surface area contributed by atoms with Gasteiger partial charge in [-0.1, -0.05) is 118 Å². The van der Waals surface area contributed by atoms with Gasteiger partial charge in [0, 0.05) is 0 Å². The van der Waals surface area contributed by atoms with Gasteiger partial charge in [0.1, 0.15) is 4.11 Å². The lowest BCUT2D eigenvalue weighted by Crippen LogP contribution is -2.67. The number of halogens is 1. The molecule has 0 amide bonds. The second-order valence-electron chi connectivity index (χ2n) is 7.38. The lowest BCUT2D eigenvalue weighted by molar-refractivity contribution is 0.236. The summed E-state index contributed by atoms with van der Waals surface area (Å²) in [5.74, 6) is 0.484. The van der Waals surface area contributed by atoms with Gasteiger partial charge in [0.15, 0.2) is 0 Å². The Labute approximate surface area is 155 Å². The van der Waals surface area contributed by atoms with E-state index >= 15 is 0 Å². The first-order valence-electron chi connectivity index (χ1n) is 8.22. The molecule has 0 spiro atoms. The molecule has 2 aromatic carbocycles. The van der Waals surface area contributed by atoms with Crippen molar-refractivity contribution in [1.29, 1.82) is 0 Å². The molecule has 0 unspecified atom stereocenters. The Kier molecular flexibility index (Phi) is 6.08. The highest BCUT2D eigenvalue weighted by Gasteiger charge is 2.51. The van der Waals surface area contributed by atoms with Crippen molar-refractivity contribution in [2.75, 3.05) is 0 Å². The monoisotopic (exact) mass is 438 g/mol. The molecule has 2 aromatic rings. The average Bonchev–Trinajstić information content (AvgIpc) is 2.52. The fourth-order valence-corrected chi connectivity index (χ4v) is 8.77. The molecule has 23 heavy (non-hydrogen) atoms. The summed E-state index contributed by atoms with van der Waals surface area (Å²) in [5.41, 5.74) is 0. The van der Waals surface area contributed by atoms with Crippen LogP contribution in [0.5, 0.6) is 0 Å². The minimum absolute atomic E-state index is 0.0496. The van der Waals surface area contributed by atoms with E-state index in [1.54, 1.807) is 0 Å². The van der Waals surface area contributed by atoms with Crippen LogP contribution < -0.4 is 10.4 Å². The zero-order valence-corrected chi connectivity index (χ0v) is 17.9. The van der Waals surface area contributed by atoms with Gasteiger partial charge in [0.25, 0.3) is 8.32 Å². The molecule has 0 bridgehead atoms. The van der Waals surface area contributed by atoms with E-state index in [9.17, 15) is 0 Å². The van der Waals surface area contributed by atoms with E-state index in [0.29, 0.717) is 5.92 Å². The minimum atomic E-state index is -2.38. The maximum Gasteiger partial charge on any atom is 0.262 e. The van der Waals surface area contributed by atoms with Crippen molar-refractivity contribution in [3.8, 4) is 0 Å². The summed E-state index contributed by atoms with van der Waals surface area (Å²) in [6, 6.07) is 21.7. The highest BCUT2D eigenvalue weighted by atomic mass is 127. The second-order valence-corrected chi connectivity index (χ2v) is 12.9. The van der Waals surface area contributed by atoms with Crippen LogP contribution in [0.4, 0.5) is 0 Å². The first-order valence-corrected chi connectivity index (χ1v) is 11.4. The summed E-state index contributed by atoms with van der Waals surface area (Å²) in [4.78, 5) is 0. The van der Waals surface area contributed by atoms with Crippen molar-refractivity contribution in [3.05, 3.63) is 60.7 Å². The minimum Gasteiger partial charge on any atom is -0.395 e. The predicted octanol–water partition coefficient (Wildman–Crippen LogP) is 4.98.